The Morgan fingerprint density at radius 3 is 2.14 bits per heavy atom. The number of aliphatic hydroxyl groups is 1. The van der Waals surface area contributed by atoms with Crippen molar-refractivity contribution in [3.8, 4) is 11.5 Å². The quantitative estimate of drug-likeness (QED) is 0.478. The predicted molar refractivity (Wildman–Crippen MR) is 135 cm³/mol. The number of rotatable bonds is 9. The molecule has 0 spiro atoms. The van der Waals surface area contributed by atoms with Gasteiger partial charge in [0.2, 0.25) is 11.8 Å². The van der Waals surface area contributed by atoms with Gasteiger partial charge in [-0.25, -0.2) is 0 Å². The second-order valence-electron chi connectivity index (χ2n) is 8.59. The molecule has 2 unspecified atom stereocenters. The Morgan fingerprint density at radius 1 is 0.972 bits per heavy atom. The van der Waals surface area contributed by atoms with Crippen LogP contribution in [0.3, 0.4) is 0 Å². The summed E-state index contributed by atoms with van der Waals surface area (Å²) in [7, 11) is 3.20. The van der Waals surface area contributed by atoms with Crippen LogP contribution in [0, 0.1) is 0 Å². The van der Waals surface area contributed by atoms with Crippen molar-refractivity contribution in [1.82, 2.24) is 4.90 Å². The van der Waals surface area contributed by atoms with E-state index >= 15 is 0 Å². The molecular formula is C28H30N2O6. The third-order valence-corrected chi connectivity index (χ3v) is 6.17. The molecule has 0 aliphatic carbocycles. The van der Waals surface area contributed by atoms with E-state index in [1.807, 2.05) is 48.5 Å². The molecule has 4 rings (SSSR count). The first-order valence-corrected chi connectivity index (χ1v) is 11.7. The van der Waals surface area contributed by atoms with Gasteiger partial charge in [0.1, 0.15) is 24.2 Å². The van der Waals surface area contributed by atoms with Crippen LogP contribution in [0.1, 0.15) is 22.8 Å². The summed E-state index contributed by atoms with van der Waals surface area (Å²) in [4.78, 5) is 26.7. The summed E-state index contributed by atoms with van der Waals surface area (Å²) in [6.07, 6.45) is -0.715. The number of carbonyl (C=O) groups excluding carboxylic acids is 2. The number of nitrogens with zero attached hydrogens (tertiary/aromatic N) is 1. The topological polar surface area (TPSA) is 97.3 Å². The third kappa shape index (κ3) is 6.21. The molecule has 1 fully saturated rings. The number of amides is 2. The van der Waals surface area contributed by atoms with Crippen LogP contribution in [0.4, 0.5) is 5.69 Å². The van der Waals surface area contributed by atoms with E-state index in [4.69, 9.17) is 14.2 Å². The summed E-state index contributed by atoms with van der Waals surface area (Å²) in [5.41, 5.74) is 3.05. The minimum absolute atomic E-state index is 0.0153. The lowest BCUT2D eigenvalue weighted by molar-refractivity contribution is -0.155. The molecule has 0 saturated carbocycles. The maximum atomic E-state index is 12.6. The molecule has 8 nitrogen and oxygen atoms in total. The normalized spacial score (nSPS) is 16.4. The highest BCUT2D eigenvalue weighted by Crippen LogP contribution is 2.27. The smallest absolute Gasteiger partial charge is 0.249 e. The zero-order valence-electron chi connectivity index (χ0n) is 20.3. The number of nitrogens with one attached hydrogen (secondary N) is 1. The molecule has 8 heteroatoms. The van der Waals surface area contributed by atoms with E-state index in [0.717, 1.165) is 22.6 Å². The van der Waals surface area contributed by atoms with Gasteiger partial charge in [-0.1, -0.05) is 36.4 Å². The molecule has 36 heavy (non-hydrogen) atoms. The van der Waals surface area contributed by atoms with Crippen molar-refractivity contribution in [2.24, 2.45) is 0 Å². The van der Waals surface area contributed by atoms with Crippen LogP contribution in [0.25, 0.3) is 0 Å². The van der Waals surface area contributed by atoms with Crippen molar-refractivity contribution in [3.05, 3.63) is 89.5 Å². The van der Waals surface area contributed by atoms with Crippen LogP contribution in [0.5, 0.6) is 11.5 Å². The van der Waals surface area contributed by atoms with E-state index in [-0.39, 0.29) is 31.4 Å². The van der Waals surface area contributed by atoms with Crippen molar-refractivity contribution in [2.75, 3.05) is 32.8 Å². The molecule has 2 N–H and O–H groups in total. The first kappa shape index (κ1) is 25.2. The van der Waals surface area contributed by atoms with Gasteiger partial charge in [-0.3, -0.25) is 9.59 Å². The highest BCUT2D eigenvalue weighted by atomic mass is 16.5. The standard InChI is InChI=1S/C28H30N2O6/c1-34-23-11-3-19(4-12-23)15-26(31)29-22-9-7-21(8-10-22)28(33)25-17-36-18-27(32)30(25)16-20-5-13-24(35-2)14-6-20/h3-14,25,28,33H,15-18H2,1-2H3,(H,29,31). The number of morpholine rings is 1. The first-order valence-electron chi connectivity index (χ1n) is 11.7. The van der Waals surface area contributed by atoms with Crippen molar-refractivity contribution in [2.45, 2.75) is 25.1 Å². The highest BCUT2D eigenvalue weighted by molar-refractivity contribution is 5.92. The number of ether oxygens (including phenoxy) is 3. The van der Waals surface area contributed by atoms with Crippen LogP contribution in [0.2, 0.25) is 0 Å². The summed E-state index contributed by atoms with van der Waals surface area (Å²) in [5.74, 6) is 1.15. The molecule has 3 aromatic carbocycles. The highest BCUT2D eigenvalue weighted by Gasteiger charge is 2.34. The van der Waals surface area contributed by atoms with E-state index in [9.17, 15) is 14.7 Å². The van der Waals surface area contributed by atoms with Crippen LogP contribution in [-0.2, 0) is 27.3 Å². The van der Waals surface area contributed by atoms with E-state index in [0.29, 0.717) is 17.8 Å². The van der Waals surface area contributed by atoms with Gasteiger partial charge in [-0.05, 0) is 53.1 Å². The Hall–Kier alpha value is -3.88. The minimum Gasteiger partial charge on any atom is -0.497 e. The Labute approximate surface area is 210 Å². The predicted octanol–water partition coefficient (Wildman–Crippen LogP) is 3.35. The van der Waals surface area contributed by atoms with E-state index in [1.165, 1.54) is 0 Å². The Bertz CT molecular complexity index is 1160. The molecule has 1 heterocycles. The first-order chi connectivity index (χ1) is 17.5. The van der Waals surface area contributed by atoms with Crippen LogP contribution < -0.4 is 14.8 Å². The molecule has 0 bridgehead atoms. The average Bonchev–Trinajstić information content (AvgIpc) is 2.90. The molecule has 188 valence electrons. The Kier molecular flexibility index (Phi) is 8.20. The summed E-state index contributed by atoms with van der Waals surface area (Å²) in [6.45, 7) is 0.565. The number of carbonyl (C=O) groups is 2. The Balaban J connectivity index is 1.39. The monoisotopic (exact) mass is 490 g/mol. The van der Waals surface area contributed by atoms with E-state index < -0.39 is 12.1 Å². The molecule has 1 saturated heterocycles. The lowest BCUT2D eigenvalue weighted by Gasteiger charge is -2.38. The zero-order chi connectivity index (χ0) is 25.5. The van der Waals surface area contributed by atoms with Crippen molar-refractivity contribution >= 4 is 17.5 Å². The fourth-order valence-electron chi connectivity index (χ4n) is 4.14. The Morgan fingerprint density at radius 2 is 1.56 bits per heavy atom. The van der Waals surface area contributed by atoms with Gasteiger partial charge in [0.05, 0.1) is 33.3 Å². The fourth-order valence-corrected chi connectivity index (χ4v) is 4.14. The minimum atomic E-state index is -0.948. The summed E-state index contributed by atoms with van der Waals surface area (Å²) < 4.78 is 15.8. The number of benzene rings is 3. The SMILES string of the molecule is COc1ccc(CC(=O)Nc2ccc(C(O)C3COCC(=O)N3Cc3ccc(OC)cc3)cc2)cc1. The average molecular weight is 491 g/mol. The number of hydrogen-bond acceptors (Lipinski definition) is 6. The lowest BCUT2D eigenvalue weighted by Crippen LogP contribution is -2.51. The van der Waals surface area contributed by atoms with E-state index in [1.54, 1.807) is 43.4 Å². The maximum Gasteiger partial charge on any atom is 0.249 e. The second kappa shape index (κ2) is 11.7. The van der Waals surface area contributed by atoms with Gasteiger partial charge in [-0.2, -0.15) is 0 Å². The summed E-state index contributed by atoms with van der Waals surface area (Å²) in [6, 6.07) is 21.2. The molecule has 2 atom stereocenters. The van der Waals surface area contributed by atoms with E-state index in [2.05, 4.69) is 5.32 Å². The van der Waals surface area contributed by atoms with Gasteiger partial charge in [0.25, 0.3) is 0 Å². The van der Waals surface area contributed by atoms with Crippen molar-refractivity contribution < 1.29 is 28.9 Å². The molecule has 0 radical (unpaired) electrons. The van der Waals surface area contributed by atoms with Crippen molar-refractivity contribution in [3.63, 3.8) is 0 Å². The zero-order valence-corrected chi connectivity index (χ0v) is 20.3. The second-order valence-corrected chi connectivity index (χ2v) is 8.59. The van der Waals surface area contributed by atoms with Crippen molar-refractivity contribution in [1.29, 1.82) is 0 Å². The van der Waals surface area contributed by atoms with Gasteiger partial charge in [0, 0.05) is 12.2 Å². The molecular weight excluding hydrogens is 460 g/mol. The number of hydrogen-bond donors (Lipinski definition) is 2. The molecule has 1 aliphatic heterocycles. The summed E-state index contributed by atoms with van der Waals surface area (Å²) >= 11 is 0. The van der Waals surface area contributed by atoms with Gasteiger partial charge in [0.15, 0.2) is 0 Å². The summed E-state index contributed by atoms with van der Waals surface area (Å²) in [5, 5.41) is 14.0. The van der Waals surface area contributed by atoms with Crippen LogP contribution in [-0.4, -0.2) is 55.3 Å². The van der Waals surface area contributed by atoms with Crippen LogP contribution in [0.15, 0.2) is 72.8 Å². The van der Waals surface area contributed by atoms with Gasteiger partial charge >= 0.3 is 0 Å². The van der Waals surface area contributed by atoms with Gasteiger partial charge < -0.3 is 29.5 Å². The molecule has 2 amide bonds. The molecule has 0 aromatic heterocycles. The lowest BCUT2D eigenvalue weighted by atomic mass is 9.99. The fraction of sp³-hybridized carbons (Fsp3) is 0.286. The number of anilines is 1. The maximum absolute atomic E-state index is 12.6. The molecule has 3 aromatic rings. The molecule has 1 aliphatic rings. The van der Waals surface area contributed by atoms with Crippen LogP contribution >= 0.6 is 0 Å². The third-order valence-electron chi connectivity index (χ3n) is 6.17. The number of methoxy groups -OCH3 is 2. The largest absolute Gasteiger partial charge is 0.497 e. The number of aliphatic hydroxyl groups excluding tert-OH is 1. The van der Waals surface area contributed by atoms with Gasteiger partial charge in [-0.15, -0.1) is 0 Å².